The number of hydrogen-bond acceptors (Lipinski definition) is 5. The van der Waals surface area contributed by atoms with E-state index in [0.29, 0.717) is 34.8 Å². The molecule has 0 spiro atoms. The van der Waals surface area contributed by atoms with Crippen molar-refractivity contribution in [3.63, 3.8) is 0 Å². The van der Waals surface area contributed by atoms with E-state index in [2.05, 4.69) is 20.7 Å². The molecule has 2 rings (SSSR count). The van der Waals surface area contributed by atoms with Crippen molar-refractivity contribution in [1.29, 1.82) is 0 Å². The number of alkyl carbamates (subject to hydrolysis) is 1. The van der Waals surface area contributed by atoms with Gasteiger partial charge in [-0.1, -0.05) is 44.2 Å². The topological polar surface area (TPSA) is 96.5 Å². The minimum absolute atomic E-state index is 0.0242. The SMILES string of the molecule is COC(=O)NC(=S)Nc1cc(C(=O)c2ccccc2)ccc1NC(=O)CCC(C)C. The third-order valence-electron chi connectivity index (χ3n) is 4.19. The number of carbonyl (C=O) groups is 3. The number of rotatable bonds is 7. The van der Waals surface area contributed by atoms with Crippen molar-refractivity contribution in [3.05, 3.63) is 59.7 Å². The fraction of sp³-hybridized carbons (Fsp3) is 0.273. The van der Waals surface area contributed by atoms with Gasteiger partial charge in [0, 0.05) is 17.5 Å². The zero-order valence-electron chi connectivity index (χ0n) is 17.2. The smallest absolute Gasteiger partial charge is 0.413 e. The summed E-state index contributed by atoms with van der Waals surface area (Å²) >= 11 is 5.12. The van der Waals surface area contributed by atoms with Crippen molar-refractivity contribution in [2.45, 2.75) is 26.7 Å². The van der Waals surface area contributed by atoms with E-state index in [1.807, 2.05) is 19.9 Å². The van der Waals surface area contributed by atoms with Crippen LogP contribution in [0.1, 0.15) is 42.6 Å². The number of anilines is 2. The van der Waals surface area contributed by atoms with Crippen molar-refractivity contribution in [3.8, 4) is 0 Å². The van der Waals surface area contributed by atoms with E-state index in [-0.39, 0.29) is 16.8 Å². The van der Waals surface area contributed by atoms with Gasteiger partial charge in [-0.25, -0.2) is 4.79 Å². The Morgan fingerprint density at radius 3 is 2.30 bits per heavy atom. The van der Waals surface area contributed by atoms with Crippen molar-refractivity contribution in [2.24, 2.45) is 5.92 Å². The van der Waals surface area contributed by atoms with Crippen LogP contribution in [0.4, 0.5) is 16.2 Å². The van der Waals surface area contributed by atoms with Crippen molar-refractivity contribution in [2.75, 3.05) is 17.7 Å². The number of ketones is 1. The molecule has 0 radical (unpaired) electrons. The van der Waals surface area contributed by atoms with Crippen LogP contribution in [0.3, 0.4) is 0 Å². The molecule has 0 atom stereocenters. The normalized spacial score (nSPS) is 10.3. The lowest BCUT2D eigenvalue weighted by Gasteiger charge is -2.16. The first-order chi connectivity index (χ1) is 14.3. The van der Waals surface area contributed by atoms with Gasteiger partial charge in [-0.05, 0) is 42.8 Å². The number of thiocarbonyl (C=S) groups is 1. The molecule has 2 amide bonds. The molecule has 0 saturated carbocycles. The summed E-state index contributed by atoms with van der Waals surface area (Å²) in [5, 5.41) is 7.99. The Labute approximate surface area is 181 Å². The lowest BCUT2D eigenvalue weighted by Crippen LogP contribution is -2.34. The van der Waals surface area contributed by atoms with E-state index in [9.17, 15) is 14.4 Å². The standard InChI is InChI=1S/C22H25N3O4S/c1-14(2)9-12-19(26)23-17-11-10-16(20(27)15-7-5-4-6-8-15)13-18(17)24-21(30)25-22(28)29-3/h4-8,10-11,13-14H,9,12H2,1-3H3,(H,23,26)(H2,24,25,28,30). The second kappa shape index (κ2) is 11.1. The van der Waals surface area contributed by atoms with Crippen LogP contribution in [0.2, 0.25) is 0 Å². The highest BCUT2D eigenvalue weighted by atomic mass is 32.1. The number of methoxy groups -OCH3 is 1. The number of benzene rings is 2. The molecule has 0 fully saturated rings. The zero-order valence-corrected chi connectivity index (χ0v) is 18.0. The Kier molecular flexibility index (Phi) is 8.49. The predicted molar refractivity (Wildman–Crippen MR) is 121 cm³/mol. The van der Waals surface area contributed by atoms with Crippen LogP contribution >= 0.6 is 12.2 Å². The summed E-state index contributed by atoms with van der Waals surface area (Å²) in [6, 6.07) is 13.7. The molecule has 0 saturated heterocycles. The molecule has 0 aliphatic rings. The summed E-state index contributed by atoms with van der Waals surface area (Å²) in [6.07, 6.45) is 0.389. The van der Waals surface area contributed by atoms with Gasteiger partial charge in [0.25, 0.3) is 0 Å². The number of nitrogens with one attached hydrogen (secondary N) is 3. The first-order valence-corrected chi connectivity index (χ1v) is 9.90. The van der Waals surface area contributed by atoms with E-state index in [1.54, 1.807) is 42.5 Å². The number of carbonyl (C=O) groups excluding carboxylic acids is 3. The van der Waals surface area contributed by atoms with Crippen LogP contribution in [0, 0.1) is 5.92 Å². The van der Waals surface area contributed by atoms with Crippen LogP contribution in [0.15, 0.2) is 48.5 Å². The molecular formula is C22H25N3O4S. The van der Waals surface area contributed by atoms with E-state index < -0.39 is 6.09 Å². The van der Waals surface area contributed by atoms with Gasteiger partial charge in [-0.2, -0.15) is 0 Å². The Balaban J connectivity index is 2.28. The first kappa shape index (κ1) is 23.0. The molecule has 0 bridgehead atoms. The summed E-state index contributed by atoms with van der Waals surface area (Å²) in [4.78, 5) is 36.5. The Bertz CT molecular complexity index is 929. The van der Waals surface area contributed by atoms with Crippen molar-refractivity contribution >= 4 is 46.5 Å². The van der Waals surface area contributed by atoms with Gasteiger partial charge in [0.1, 0.15) is 0 Å². The summed E-state index contributed by atoms with van der Waals surface area (Å²) in [7, 11) is 1.22. The molecule has 158 valence electrons. The van der Waals surface area contributed by atoms with Crippen molar-refractivity contribution < 1.29 is 19.1 Å². The monoisotopic (exact) mass is 427 g/mol. The maximum atomic E-state index is 12.8. The van der Waals surface area contributed by atoms with E-state index in [0.717, 1.165) is 6.42 Å². The van der Waals surface area contributed by atoms with Crippen LogP contribution in [-0.4, -0.2) is 30.0 Å². The van der Waals surface area contributed by atoms with Crippen LogP contribution in [0.25, 0.3) is 0 Å². The third kappa shape index (κ3) is 6.97. The number of hydrogen-bond donors (Lipinski definition) is 3. The van der Waals surface area contributed by atoms with E-state index in [1.165, 1.54) is 7.11 Å². The fourth-order valence-corrected chi connectivity index (χ4v) is 2.78. The first-order valence-electron chi connectivity index (χ1n) is 9.49. The molecule has 8 heteroatoms. The molecule has 0 aliphatic heterocycles. The van der Waals surface area contributed by atoms with Gasteiger partial charge in [-0.3, -0.25) is 14.9 Å². The Morgan fingerprint density at radius 1 is 0.967 bits per heavy atom. The second-order valence-corrected chi connectivity index (χ2v) is 7.42. The van der Waals surface area contributed by atoms with Crippen LogP contribution in [0.5, 0.6) is 0 Å². The summed E-state index contributed by atoms with van der Waals surface area (Å²) in [5.74, 6) is 0.0694. The van der Waals surface area contributed by atoms with Gasteiger partial charge in [0.15, 0.2) is 10.9 Å². The zero-order chi connectivity index (χ0) is 22.1. The predicted octanol–water partition coefficient (Wildman–Crippen LogP) is 4.35. The lowest BCUT2D eigenvalue weighted by atomic mass is 10.0. The van der Waals surface area contributed by atoms with Gasteiger partial charge in [0.05, 0.1) is 18.5 Å². The van der Waals surface area contributed by atoms with Gasteiger partial charge < -0.3 is 15.4 Å². The van der Waals surface area contributed by atoms with Gasteiger partial charge in [-0.15, -0.1) is 0 Å². The molecule has 7 nitrogen and oxygen atoms in total. The molecule has 2 aromatic rings. The van der Waals surface area contributed by atoms with E-state index in [4.69, 9.17) is 12.2 Å². The molecule has 2 aromatic carbocycles. The molecule has 0 heterocycles. The molecule has 3 N–H and O–H groups in total. The summed E-state index contributed by atoms with van der Waals surface area (Å²) < 4.78 is 4.53. The maximum absolute atomic E-state index is 12.8. The highest BCUT2D eigenvalue weighted by molar-refractivity contribution is 7.80. The summed E-state index contributed by atoms with van der Waals surface area (Å²) in [6.45, 7) is 4.09. The average Bonchev–Trinajstić information content (AvgIpc) is 2.73. The van der Waals surface area contributed by atoms with Gasteiger partial charge >= 0.3 is 6.09 Å². The lowest BCUT2D eigenvalue weighted by molar-refractivity contribution is -0.116. The summed E-state index contributed by atoms with van der Waals surface area (Å²) in [5.41, 5.74) is 1.77. The maximum Gasteiger partial charge on any atom is 0.413 e. The third-order valence-corrected chi connectivity index (χ3v) is 4.39. The quantitative estimate of drug-likeness (QED) is 0.449. The molecule has 0 aliphatic carbocycles. The van der Waals surface area contributed by atoms with E-state index >= 15 is 0 Å². The molecule has 0 aromatic heterocycles. The number of amides is 2. The largest absolute Gasteiger partial charge is 0.453 e. The Hall–Kier alpha value is -3.26. The average molecular weight is 428 g/mol. The minimum atomic E-state index is -0.730. The second-order valence-electron chi connectivity index (χ2n) is 7.01. The van der Waals surface area contributed by atoms with Crippen LogP contribution < -0.4 is 16.0 Å². The van der Waals surface area contributed by atoms with Crippen LogP contribution in [-0.2, 0) is 9.53 Å². The molecule has 30 heavy (non-hydrogen) atoms. The highest BCUT2D eigenvalue weighted by Crippen LogP contribution is 2.25. The molecule has 0 unspecified atom stereocenters. The van der Waals surface area contributed by atoms with Gasteiger partial charge in [0.2, 0.25) is 5.91 Å². The Morgan fingerprint density at radius 2 is 1.67 bits per heavy atom. The number of ether oxygens (including phenoxy) is 1. The minimum Gasteiger partial charge on any atom is -0.453 e. The van der Waals surface area contributed by atoms with Crippen molar-refractivity contribution in [1.82, 2.24) is 5.32 Å². The fourth-order valence-electron chi connectivity index (χ4n) is 2.58. The molecular weight excluding hydrogens is 402 g/mol. The highest BCUT2D eigenvalue weighted by Gasteiger charge is 2.15.